The summed E-state index contributed by atoms with van der Waals surface area (Å²) in [5, 5.41) is 8.79. The Kier molecular flexibility index (Phi) is 6.14. The zero-order valence-corrected chi connectivity index (χ0v) is 15.7. The molecule has 0 saturated carbocycles. The van der Waals surface area contributed by atoms with Gasteiger partial charge in [-0.1, -0.05) is 15.9 Å². The molecule has 2 aromatic rings. The van der Waals surface area contributed by atoms with Gasteiger partial charge in [-0.05, 0) is 42.5 Å². The molecular weight excluding hydrogens is 418 g/mol. The number of rotatable bonds is 7. The highest BCUT2D eigenvalue weighted by Gasteiger charge is 2.15. The lowest BCUT2D eigenvalue weighted by Gasteiger charge is -2.12. The number of halogens is 1. The van der Waals surface area contributed by atoms with Gasteiger partial charge in [0.15, 0.2) is 0 Å². The molecule has 6 nitrogen and oxygen atoms in total. The smallest absolute Gasteiger partial charge is 0.313 e. The third-order valence-corrected chi connectivity index (χ3v) is 5.84. The first-order valence-electron chi connectivity index (χ1n) is 6.63. The summed E-state index contributed by atoms with van der Waals surface area (Å²) in [6.07, 6.45) is 0. The van der Waals surface area contributed by atoms with Gasteiger partial charge >= 0.3 is 5.97 Å². The molecule has 2 aromatic carbocycles. The van der Waals surface area contributed by atoms with Crippen LogP contribution in [0, 0.1) is 0 Å². The standard InChI is InChI=1S/C15H14BrNO5S2/c1-22-13-7-4-11(8-14(13)23-9-15(18)19)17-24(20,21)12-5-2-10(16)3-6-12/h2-8,17H,9H2,1H3,(H,18,19). The number of hydrogen-bond donors (Lipinski definition) is 2. The zero-order valence-electron chi connectivity index (χ0n) is 12.5. The van der Waals surface area contributed by atoms with Crippen molar-refractivity contribution in [1.82, 2.24) is 0 Å². The van der Waals surface area contributed by atoms with Gasteiger partial charge in [-0.15, -0.1) is 11.8 Å². The number of aliphatic carboxylic acids is 1. The Morgan fingerprint density at radius 2 is 1.92 bits per heavy atom. The van der Waals surface area contributed by atoms with Crippen LogP contribution in [-0.4, -0.2) is 32.4 Å². The van der Waals surface area contributed by atoms with Crippen LogP contribution in [0.1, 0.15) is 0 Å². The Morgan fingerprint density at radius 3 is 2.50 bits per heavy atom. The summed E-state index contributed by atoms with van der Waals surface area (Å²) in [7, 11) is -2.27. The molecule has 0 amide bonds. The summed E-state index contributed by atoms with van der Waals surface area (Å²) >= 11 is 4.31. The maximum atomic E-state index is 12.4. The van der Waals surface area contributed by atoms with Gasteiger partial charge in [0.25, 0.3) is 10.0 Å². The molecular formula is C15H14BrNO5S2. The van der Waals surface area contributed by atoms with E-state index in [2.05, 4.69) is 20.7 Å². The van der Waals surface area contributed by atoms with E-state index < -0.39 is 16.0 Å². The first kappa shape index (κ1) is 18.6. The van der Waals surface area contributed by atoms with E-state index in [9.17, 15) is 13.2 Å². The summed E-state index contributed by atoms with van der Waals surface area (Å²) in [6.45, 7) is 0. The van der Waals surface area contributed by atoms with E-state index in [-0.39, 0.29) is 10.6 Å². The number of hydrogen-bond acceptors (Lipinski definition) is 5. The fourth-order valence-electron chi connectivity index (χ4n) is 1.82. The van der Waals surface area contributed by atoms with Crippen LogP contribution in [0.25, 0.3) is 0 Å². The minimum atomic E-state index is -3.73. The van der Waals surface area contributed by atoms with Crippen molar-refractivity contribution < 1.29 is 23.1 Å². The molecule has 0 aliphatic rings. The largest absolute Gasteiger partial charge is 0.496 e. The van der Waals surface area contributed by atoms with Gasteiger partial charge in [0.1, 0.15) is 5.75 Å². The summed E-state index contributed by atoms with van der Waals surface area (Å²) < 4.78 is 33.2. The number of ether oxygens (including phenoxy) is 1. The molecule has 2 N–H and O–H groups in total. The highest BCUT2D eigenvalue weighted by Crippen LogP contribution is 2.32. The minimum Gasteiger partial charge on any atom is -0.496 e. The van der Waals surface area contributed by atoms with Crippen LogP contribution in [0.4, 0.5) is 5.69 Å². The van der Waals surface area contributed by atoms with E-state index in [1.54, 1.807) is 30.3 Å². The molecule has 0 aliphatic heterocycles. The van der Waals surface area contributed by atoms with Crippen LogP contribution in [0.3, 0.4) is 0 Å². The van der Waals surface area contributed by atoms with E-state index >= 15 is 0 Å². The van der Waals surface area contributed by atoms with Crippen molar-refractivity contribution in [1.29, 1.82) is 0 Å². The number of carboxylic acid groups (broad SMARTS) is 1. The molecule has 0 radical (unpaired) electrons. The third kappa shape index (κ3) is 4.89. The summed E-state index contributed by atoms with van der Waals surface area (Å²) in [5.41, 5.74) is 0.326. The summed E-state index contributed by atoms with van der Waals surface area (Å²) in [6, 6.07) is 10.9. The van der Waals surface area contributed by atoms with E-state index in [4.69, 9.17) is 9.84 Å². The SMILES string of the molecule is COc1ccc(NS(=O)(=O)c2ccc(Br)cc2)cc1SCC(=O)O. The highest BCUT2D eigenvalue weighted by molar-refractivity contribution is 9.10. The van der Waals surface area contributed by atoms with Gasteiger partial charge in [-0.2, -0.15) is 0 Å². The Hall–Kier alpha value is -1.71. The lowest BCUT2D eigenvalue weighted by Crippen LogP contribution is -2.13. The molecule has 0 fully saturated rings. The predicted molar refractivity (Wildman–Crippen MR) is 96.3 cm³/mol. The quantitative estimate of drug-likeness (QED) is 0.652. The van der Waals surface area contributed by atoms with Crippen LogP contribution < -0.4 is 9.46 Å². The molecule has 24 heavy (non-hydrogen) atoms. The lowest BCUT2D eigenvalue weighted by molar-refractivity contribution is -0.133. The van der Waals surface area contributed by atoms with Gasteiger partial charge < -0.3 is 9.84 Å². The van der Waals surface area contributed by atoms with Crippen LogP contribution in [0.5, 0.6) is 5.75 Å². The molecule has 2 rings (SSSR count). The molecule has 0 heterocycles. The van der Waals surface area contributed by atoms with Crippen molar-refractivity contribution in [3.8, 4) is 5.75 Å². The second-order valence-corrected chi connectivity index (χ2v) is 8.22. The molecule has 0 atom stereocenters. The molecule has 128 valence electrons. The third-order valence-electron chi connectivity index (χ3n) is 2.89. The van der Waals surface area contributed by atoms with Crippen molar-refractivity contribution in [3.05, 3.63) is 46.9 Å². The van der Waals surface area contributed by atoms with Gasteiger partial charge in [0.05, 0.1) is 28.3 Å². The molecule has 0 saturated heterocycles. The predicted octanol–water partition coefficient (Wildman–Crippen LogP) is 3.44. The van der Waals surface area contributed by atoms with Crippen molar-refractivity contribution in [3.63, 3.8) is 0 Å². The molecule has 0 spiro atoms. The maximum absolute atomic E-state index is 12.4. The zero-order chi connectivity index (χ0) is 17.7. The van der Waals surface area contributed by atoms with Crippen LogP contribution in [-0.2, 0) is 14.8 Å². The fourth-order valence-corrected chi connectivity index (χ4v) is 3.92. The van der Waals surface area contributed by atoms with Crippen LogP contribution >= 0.6 is 27.7 Å². The van der Waals surface area contributed by atoms with Crippen molar-refractivity contribution in [2.24, 2.45) is 0 Å². The monoisotopic (exact) mass is 431 g/mol. The molecule has 0 aromatic heterocycles. The number of methoxy groups -OCH3 is 1. The maximum Gasteiger partial charge on any atom is 0.313 e. The van der Waals surface area contributed by atoms with E-state index in [0.717, 1.165) is 16.2 Å². The second-order valence-electron chi connectivity index (χ2n) is 4.61. The number of thioether (sulfide) groups is 1. The van der Waals surface area contributed by atoms with Crippen LogP contribution in [0.2, 0.25) is 0 Å². The van der Waals surface area contributed by atoms with E-state index in [1.807, 2.05) is 0 Å². The van der Waals surface area contributed by atoms with Crippen molar-refractivity contribution >= 4 is 49.4 Å². The Balaban J connectivity index is 2.26. The average Bonchev–Trinajstić information content (AvgIpc) is 2.53. The van der Waals surface area contributed by atoms with Gasteiger partial charge in [-0.25, -0.2) is 8.42 Å². The number of sulfonamides is 1. The number of carboxylic acids is 1. The minimum absolute atomic E-state index is 0.126. The molecule has 0 bridgehead atoms. The number of carbonyl (C=O) groups is 1. The fraction of sp³-hybridized carbons (Fsp3) is 0.133. The van der Waals surface area contributed by atoms with Gasteiger partial charge in [-0.3, -0.25) is 9.52 Å². The topological polar surface area (TPSA) is 92.7 Å². The van der Waals surface area contributed by atoms with E-state index in [1.165, 1.54) is 19.2 Å². The highest BCUT2D eigenvalue weighted by atomic mass is 79.9. The van der Waals surface area contributed by atoms with Crippen molar-refractivity contribution in [2.75, 3.05) is 17.6 Å². The van der Waals surface area contributed by atoms with Gasteiger partial charge in [0, 0.05) is 4.47 Å². The number of nitrogens with one attached hydrogen (secondary N) is 1. The average molecular weight is 432 g/mol. The first-order chi connectivity index (χ1) is 11.3. The Labute approximate surface area is 152 Å². The summed E-state index contributed by atoms with van der Waals surface area (Å²) in [4.78, 5) is 11.4. The van der Waals surface area contributed by atoms with Crippen molar-refractivity contribution in [2.45, 2.75) is 9.79 Å². The first-order valence-corrected chi connectivity index (χ1v) is 9.89. The Bertz CT molecular complexity index is 837. The van der Waals surface area contributed by atoms with E-state index in [0.29, 0.717) is 16.3 Å². The van der Waals surface area contributed by atoms with Gasteiger partial charge in [0.2, 0.25) is 0 Å². The molecule has 0 aliphatic carbocycles. The normalized spacial score (nSPS) is 11.1. The molecule has 0 unspecified atom stereocenters. The summed E-state index contributed by atoms with van der Waals surface area (Å²) in [5.74, 6) is -0.644. The number of anilines is 1. The van der Waals surface area contributed by atoms with Crippen LogP contribution in [0.15, 0.2) is 56.7 Å². The number of benzene rings is 2. The Morgan fingerprint density at radius 1 is 1.25 bits per heavy atom. The lowest BCUT2D eigenvalue weighted by atomic mass is 10.3. The second kappa shape index (κ2) is 7.91. The molecule has 9 heteroatoms.